The van der Waals surface area contributed by atoms with E-state index in [9.17, 15) is 4.79 Å². The first kappa shape index (κ1) is 19.5. The molecular weight excluding hydrogens is 362 g/mol. The first-order valence-corrected chi connectivity index (χ1v) is 10.2. The van der Waals surface area contributed by atoms with E-state index in [1.807, 2.05) is 32.2 Å². The van der Waals surface area contributed by atoms with Crippen LogP contribution in [0.4, 0.5) is 0 Å². The number of rotatable bonds is 5. The number of carbonyl (C=O) groups is 1. The molecule has 0 saturated heterocycles. The molecule has 0 bridgehead atoms. The fourth-order valence-electron chi connectivity index (χ4n) is 4.40. The van der Waals surface area contributed by atoms with E-state index < -0.39 is 0 Å². The zero-order chi connectivity index (χ0) is 20.5. The van der Waals surface area contributed by atoms with Crippen LogP contribution < -0.4 is 10.1 Å². The number of hydrogen-bond donors (Lipinski definition) is 1. The Labute approximate surface area is 172 Å². The van der Waals surface area contributed by atoms with Gasteiger partial charge >= 0.3 is 0 Å². The van der Waals surface area contributed by atoms with Crippen LogP contribution in [0.15, 0.2) is 42.5 Å². The molecule has 0 fully saturated rings. The third-order valence-corrected chi connectivity index (χ3v) is 6.05. The van der Waals surface area contributed by atoms with Gasteiger partial charge in [0.05, 0.1) is 12.7 Å². The van der Waals surface area contributed by atoms with Crippen LogP contribution in [0.25, 0.3) is 10.9 Å². The molecule has 0 saturated carbocycles. The van der Waals surface area contributed by atoms with Gasteiger partial charge in [0.1, 0.15) is 5.75 Å². The van der Waals surface area contributed by atoms with Gasteiger partial charge in [-0.1, -0.05) is 24.3 Å². The number of nitrogens with zero attached hydrogens (tertiary/aromatic N) is 2. The van der Waals surface area contributed by atoms with Crippen molar-refractivity contribution in [3.05, 3.63) is 64.8 Å². The van der Waals surface area contributed by atoms with E-state index in [0.29, 0.717) is 0 Å². The molecule has 1 aliphatic heterocycles. The van der Waals surface area contributed by atoms with Gasteiger partial charge in [-0.15, -0.1) is 0 Å². The molecule has 1 aromatic heterocycles. The maximum absolute atomic E-state index is 13.2. The molecule has 2 aromatic carbocycles. The summed E-state index contributed by atoms with van der Waals surface area (Å²) in [7, 11) is 3.64. The number of nitrogens with one attached hydrogen (secondary N) is 1. The van der Waals surface area contributed by atoms with Gasteiger partial charge < -0.3 is 14.6 Å². The second-order valence-corrected chi connectivity index (χ2v) is 8.03. The van der Waals surface area contributed by atoms with Crippen molar-refractivity contribution in [3.8, 4) is 5.75 Å². The van der Waals surface area contributed by atoms with Crippen molar-refractivity contribution in [2.24, 2.45) is 7.05 Å². The van der Waals surface area contributed by atoms with Crippen molar-refractivity contribution < 1.29 is 9.53 Å². The van der Waals surface area contributed by atoms with E-state index in [-0.39, 0.29) is 11.9 Å². The number of ether oxygens (including phenoxy) is 1. The van der Waals surface area contributed by atoms with Crippen LogP contribution in [-0.4, -0.2) is 41.6 Å². The lowest BCUT2D eigenvalue weighted by atomic mass is 9.99. The summed E-state index contributed by atoms with van der Waals surface area (Å²) in [6.45, 7) is 6.89. The minimum absolute atomic E-state index is 0.0220. The number of aromatic nitrogens is 1. The van der Waals surface area contributed by atoms with Crippen molar-refractivity contribution in [2.75, 3.05) is 20.2 Å². The van der Waals surface area contributed by atoms with Crippen LogP contribution in [0.2, 0.25) is 0 Å². The number of hydrogen-bond acceptors (Lipinski definition) is 3. The Morgan fingerprint density at radius 3 is 2.72 bits per heavy atom. The highest BCUT2D eigenvalue weighted by atomic mass is 16.5. The maximum Gasteiger partial charge on any atom is 0.253 e. The predicted molar refractivity (Wildman–Crippen MR) is 117 cm³/mol. The second-order valence-electron chi connectivity index (χ2n) is 8.03. The molecule has 5 heteroatoms. The van der Waals surface area contributed by atoms with Gasteiger partial charge in [-0.3, -0.25) is 9.69 Å². The number of carbonyl (C=O) groups excluding carboxylic acids is 1. The Hall–Kier alpha value is -2.79. The van der Waals surface area contributed by atoms with Gasteiger partial charge in [-0.05, 0) is 49.6 Å². The minimum atomic E-state index is -0.0220. The van der Waals surface area contributed by atoms with Gasteiger partial charge in [0.2, 0.25) is 0 Å². The Morgan fingerprint density at radius 1 is 1.21 bits per heavy atom. The lowest BCUT2D eigenvalue weighted by molar-refractivity contribution is 0.0928. The smallest absolute Gasteiger partial charge is 0.253 e. The van der Waals surface area contributed by atoms with Crippen LogP contribution >= 0.6 is 0 Å². The average Bonchev–Trinajstić information content (AvgIpc) is 2.97. The zero-order valence-electron chi connectivity index (χ0n) is 17.7. The Bertz CT molecular complexity index is 1050. The quantitative estimate of drug-likeness (QED) is 0.722. The number of aryl methyl sites for hydroxylation is 1. The molecule has 1 atom stereocenters. The molecule has 0 spiro atoms. The molecule has 0 aliphatic carbocycles. The molecule has 2 heterocycles. The topological polar surface area (TPSA) is 46.5 Å². The van der Waals surface area contributed by atoms with Gasteiger partial charge in [0.25, 0.3) is 5.91 Å². The molecule has 3 aromatic rings. The van der Waals surface area contributed by atoms with E-state index in [1.54, 1.807) is 7.11 Å². The number of methoxy groups -OCH3 is 1. The standard InChI is InChI=1S/C24H29N3O2/c1-16(14-27-12-11-18-7-5-6-8-19(18)15-27)25-24(28)23-17(2)26(3)22-10-9-20(29-4)13-21(22)23/h5-10,13,16H,11-12,14-15H2,1-4H3,(H,25,28). The van der Waals surface area contributed by atoms with E-state index >= 15 is 0 Å². The minimum Gasteiger partial charge on any atom is -0.497 e. The summed E-state index contributed by atoms with van der Waals surface area (Å²) < 4.78 is 7.43. The van der Waals surface area contributed by atoms with E-state index in [2.05, 4.69) is 46.0 Å². The summed E-state index contributed by atoms with van der Waals surface area (Å²) in [5.74, 6) is 0.739. The molecule has 1 N–H and O–H groups in total. The summed E-state index contributed by atoms with van der Waals surface area (Å²) in [5, 5.41) is 4.15. The van der Waals surface area contributed by atoms with E-state index in [4.69, 9.17) is 4.74 Å². The molecule has 1 amide bonds. The highest BCUT2D eigenvalue weighted by Crippen LogP contribution is 2.28. The average molecular weight is 392 g/mol. The van der Waals surface area contributed by atoms with Gasteiger partial charge in [0.15, 0.2) is 0 Å². The SMILES string of the molecule is COc1ccc2c(c1)c(C(=O)NC(C)CN1CCc3ccccc3C1)c(C)n2C. The molecule has 0 radical (unpaired) electrons. The third kappa shape index (κ3) is 3.75. The van der Waals surface area contributed by atoms with Crippen molar-refractivity contribution in [3.63, 3.8) is 0 Å². The molecule has 4 rings (SSSR count). The monoisotopic (exact) mass is 391 g/mol. The van der Waals surface area contributed by atoms with Crippen molar-refractivity contribution in [1.29, 1.82) is 0 Å². The first-order valence-electron chi connectivity index (χ1n) is 10.2. The van der Waals surface area contributed by atoms with Crippen molar-refractivity contribution >= 4 is 16.8 Å². The second kappa shape index (κ2) is 7.91. The molecule has 1 unspecified atom stereocenters. The first-order chi connectivity index (χ1) is 14.0. The molecular formula is C24H29N3O2. The summed E-state index contributed by atoms with van der Waals surface area (Å²) in [5.41, 5.74) is 5.57. The number of amides is 1. The van der Waals surface area contributed by atoms with Gasteiger partial charge in [0, 0.05) is 49.3 Å². The Kier molecular flexibility index (Phi) is 5.33. The Balaban J connectivity index is 1.49. The van der Waals surface area contributed by atoms with Crippen LogP contribution in [-0.2, 0) is 20.0 Å². The summed E-state index contributed by atoms with van der Waals surface area (Å²) >= 11 is 0. The van der Waals surface area contributed by atoms with Gasteiger partial charge in [-0.2, -0.15) is 0 Å². The molecule has 5 nitrogen and oxygen atoms in total. The predicted octanol–water partition coefficient (Wildman–Crippen LogP) is 3.67. The summed E-state index contributed by atoms with van der Waals surface area (Å²) in [6.07, 6.45) is 1.07. The van der Waals surface area contributed by atoms with Crippen molar-refractivity contribution in [1.82, 2.24) is 14.8 Å². The van der Waals surface area contributed by atoms with Crippen LogP contribution in [0.3, 0.4) is 0 Å². The lowest BCUT2D eigenvalue weighted by Crippen LogP contribution is -2.43. The molecule has 152 valence electrons. The normalized spacial score (nSPS) is 15.2. The van der Waals surface area contributed by atoms with E-state index in [0.717, 1.165) is 54.0 Å². The fraction of sp³-hybridized carbons (Fsp3) is 0.375. The number of benzene rings is 2. The van der Waals surface area contributed by atoms with Gasteiger partial charge in [-0.25, -0.2) is 0 Å². The summed E-state index contributed by atoms with van der Waals surface area (Å²) in [4.78, 5) is 15.6. The summed E-state index contributed by atoms with van der Waals surface area (Å²) in [6, 6.07) is 14.6. The van der Waals surface area contributed by atoms with Crippen molar-refractivity contribution in [2.45, 2.75) is 32.9 Å². The zero-order valence-corrected chi connectivity index (χ0v) is 17.7. The fourth-order valence-corrected chi connectivity index (χ4v) is 4.40. The largest absolute Gasteiger partial charge is 0.497 e. The highest BCUT2D eigenvalue weighted by molar-refractivity contribution is 6.08. The molecule has 29 heavy (non-hydrogen) atoms. The van der Waals surface area contributed by atoms with Crippen LogP contribution in [0.5, 0.6) is 5.75 Å². The maximum atomic E-state index is 13.2. The highest BCUT2D eigenvalue weighted by Gasteiger charge is 2.22. The van der Waals surface area contributed by atoms with E-state index in [1.165, 1.54) is 11.1 Å². The molecule has 1 aliphatic rings. The lowest BCUT2D eigenvalue weighted by Gasteiger charge is -2.31. The van der Waals surface area contributed by atoms with Crippen LogP contribution in [0.1, 0.15) is 34.1 Å². The third-order valence-electron chi connectivity index (χ3n) is 6.05. The van der Waals surface area contributed by atoms with Crippen LogP contribution in [0, 0.1) is 6.92 Å². The Morgan fingerprint density at radius 2 is 1.97 bits per heavy atom. The number of fused-ring (bicyclic) bond motifs is 2.